The summed E-state index contributed by atoms with van der Waals surface area (Å²) in [5.74, 6) is 0. The number of aryl methyl sites for hydroxylation is 1. The molecule has 158 valence electrons. The Morgan fingerprint density at radius 3 is 1.63 bits per heavy atom. The zero-order chi connectivity index (χ0) is 21.5. The molecule has 0 saturated heterocycles. The third-order valence-corrected chi connectivity index (χ3v) is 11.1. The highest BCUT2D eigenvalue weighted by Crippen LogP contribution is 2.38. The zero-order valence-corrected chi connectivity index (χ0v) is 20.0. The van der Waals surface area contributed by atoms with Gasteiger partial charge >= 0.3 is 0 Å². The van der Waals surface area contributed by atoms with Crippen LogP contribution in [0.3, 0.4) is 0 Å². The summed E-state index contributed by atoms with van der Waals surface area (Å²) in [6, 6.07) is 32.8. The van der Waals surface area contributed by atoms with Crippen LogP contribution < -0.4 is 10.4 Å². The molecule has 2 heteroatoms. The summed E-state index contributed by atoms with van der Waals surface area (Å²) in [5.41, 5.74) is 1.41. The summed E-state index contributed by atoms with van der Waals surface area (Å²) >= 11 is 0. The molecule has 0 aliphatic rings. The van der Waals surface area contributed by atoms with Crippen molar-refractivity contribution in [1.82, 2.24) is 0 Å². The second kappa shape index (κ2) is 10.2. The van der Waals surface area contributed by atoms with E-state index in [1.165, 1.54) is 15.9 Å². The van der Waals surface area contributed by atoms with Crippen LogP contribution in [0.15, 0.2) is 91.0 Å². The van der Waals surface area contributed by atoms with Crippen LogP contribution in [0.1, 0.15) is 52.5 Å². The molecule has 0 aliphatic carbocycles. The van der Waals surface area contributed by atoms with Gasteiger partial charge in [0, 0.05) is 6.10 Å². The van der Waals surface area contributed by atoms with E-state index in [1.54, 1.807) is 0 Å². The second-order valence-electron chi connectivity index (χ2n) is 9.19. The average Bonchev–Trinajstić information content (AvgIpc) is 2.77. The Kier molecular flexibility index (Phi) is 7.68. The Morgan fingerprint density at radius 2 is 1.20 bits per heavy atom. The fourth-order valence-corrected chi connectivity index (χ4v) is 9.27. The molecule has 1 atom stereocenters. The lowest BCUT2D eigenvalue weighted by molar-refractivity contribution is 0.170. The van der Waals surface area contributed by atoms with Gasteiger partial charge in [0.2, 0.25) is 0 Å². The van der Waals surface area contributed by atoms with Gasteiger partial charge in [0.15, 0.2) is 0 Å². The third-order valence-electron chi connectivity index (χ3n) is 6.05. The molecule has 3 aromatic carbocycles. The molecule has 0 saturated carbocycles. The van der Waals surface area contributed by atoms with Gasteiger partial charge in [-0.15, -0.1) is 0 Å². The van der Waals surface area contributed by atoms with Gasteiger partial charge in [-0.05, 0) is 46.7 Å². The van der Waals surface area contributed by atoms with Crippen molar-refractivity contribution in [2.24, 2.45) is 0 Å². The van der Waals surface area contributed by atoms with Crippen molar-refractivity contribution in [2.75, 3.05) is 0 Å². The standard InChI is InChI=1S/C28H36OSi/c1-5-25(19-15-18-24-16-9-6-10-17-24)29-30(28(2,3)4,26-20-11-7-12-21-26)27-22-13-8-14-23-27/h6-14,16-17,20-23,25H,5,15,18-19H2,1-4H3. The molecular weight excluding hydrogens is 380 g/mol. The van der Waals surface area contributed by atoms with Crippen LogP contribution in [0, 0.1) is 0 Å². The maximum atomic E-state index is 7.30. The van der Waals surface area contributed by atoms with Crippen LogP contribution in [0.5, 0.6) is 0 Å². The normalized spacial score (nSPS) is 13.2. The molecule has 0 bridgehead atoms. The van der Waals surface area contributed by atoms with Gasteiger partial charge in [0.05, 0.1) is 0 Å². The Bertz CT molecular complexity index is 829. The maximum absolute atomic E-state index is 7.30. The van der Waals surface area contributed by atoms with Gasteiger partial charge < -0.3 is 4.43 Å². The number of hydrogen-bond donors (Lipinski definition) is 0. The van der Waals surface area contributed by atoms with Crippen LogP contribution in [-0.4, -0.2) is 14.4 Å². The first-order chi connectivity index (χ1) is 14.5. The topological polar surface area (TPSA) is 9.23 Å². The molecule has 0 spiro atoms. The number of benzene rings is 3. The van der Waals surface area contributed by atoms with Crippen molar-refractivity contribution >= 4 is 18.7 Å². The van der Waals surface area contributed by atoms with E-state index in [1.807, 2.05) is 0 Å². The highest BCUT2D eigenvalue weighted by atomic mass is 28.4. The van der Waals surface area contributed by atoms with E-state index >= 15 is 0 Å². The number of rotatable bonds is 9. The van der Waals surface area contributed by atoms with Crippen LogP contribution in [-0.2, 0) is 10.8 Å². The summed E-state index contributed by atoms with van der Waals surface area (Å²) in [6.07, 6.45) is 4.66. The molecule has 0 amide bonds. The van der Waals surface area contributed by atoms with Crippen molar-refractivity contribution in [3.05, 3.63) is 96.6 Å². The molecular formula is C28H36OSi. The van der Waals surface area contributed by atoms with Crippen molar-refractivity contribution in [3.63, 3.8) is 0 Å². The van der Waals surface area contributed by atoms with E-state index in [2.05, 4.69) is 119 Å². The minimum absolute atomic E-state index is 0.0303. The highest BCUT2D eigenvalue weighted by Gasteiger charge is 2.51. The molecule has 0 aromatic heterocycles. The van der Waals surface area contributed by atoms with Gasteiger partial charge in [-0.25, -0.2) is 0 Å². The Labute approximate surface area is 184 Å². The predicted octanol–water partition coefficient (Wildman–Crippen LogP) is 6.36. The van der Waals surface area contributed by atoms with E-state index in [-0.39, 0.29) is 11.1 Å². The summed E-state index contributed by atoms with van der Waals surface area (Å²) < 4.78 is 7.30. The fraction of sp³-hybridized carbons (Fsp3) is 0.357. The minimum Gasteiger partial charge on any atom is -0.404 e. The van der Waals surface area contributed by atoms with Crippen molar-refractivity contribution < 1.29 is 4.43 Å². The lowest BCUT2D eigenvalue weighted by atomic mass is 10.1. The first-order valence-corrected chi connectivity index (χ1v) is 13.2. The molecule has 0 aliphatic heterocycles. The van der Waals surface area contributed by atoms with Crippen molar-refractivity contribution in [3.8, 4) is 0 Å². The first-order valence-electron chi connectivity index (χ1n) is 11.3. The fourth-order valence-electron chi connectivity index (χ4n) is 4.47. The van der Waals surface area contributed by atoms with Gasteiger partial charge in [0.25, 0.3) is 8.32 Å². The zero-order valence-electron chi connectivity index (χ0n) is 19.0. The molecule has 0 N–H and O–H groups in total. The lowest BCUT2D eigenvalue weighted by Crippen LogP contribution is -2.67. The Balaban J connectivity index is 1.91. The lowest BCUT2D eigenvalue weighted by Gasteiger charge is -2.45. The second-order valence-corrected chi connectivity index (χ2v) is 13.4. The van der Waals surface area contributed by atoms with Crippen molar-refractivity contribution in [2.45, 2.75) is 64.5 Å². The summed E-state index contributed by atoms with van der Waals surface area (Å²) in [4.78, 5) is 0. The largest absolute Gasteiger partial charge is 0.404 e. The summed E-state index contributed by atoms with van der Waals surface area (Å²) in [7, 11) is -2.46. The maximum Gasteiger partial charge on any atom is 0.261 e. The quantitative estimate of drug-likeness (QED) is 0.369. The smallest absolute Gasteiger partial charge is 0.261 e. The Morgan fingerprint density at radius 1 is 0.733 bits per heavy atom. The van der Waals surface area contributed by atoms with E-state index in [4.69, 9.17) is 4.43 Å². The molecule has 1 nitrogen and oxygen atoms in total. The molecule has 0 radical (unpaired) electrons. The average molecular weight is 417 g/mol. The molecule has 0 heterocycles. The summed E-state index contributed by atoms with van der Waals surface area (Å²) in [6.45, 7) is 9.34. The minimum atomic E-state index is -2.46. The Hall–Kier alpha value is -2.16. The van der Waals surface area contributed by atoms with E-state index in [9.17, 15) is 0 Å². The van der Waals surface area contributed by atoms with Gasteiger partial charge in [-0.2, -0.15) is 0 Å². The third kappa shape index (κ3) is 5.11. The molecule has 1 unspecified atom stereocenters. The van der Waals surface area contributed by atoms with E-state index < -0.39 is 8.32 Å². The predicted molar refractivity (Wildman–Crippen MR) is 132 cm³/mol. The van der Waals surface area contributed by atoms with E-state index in [0.717, 1.165) is 25.7 Å². The van der Waals surface area contributed by atoms with Gasteiger partial charge in [-0.1, -0.05) is 119 Å². The molecule has 3 aromatic rings. The summed E-state index contributed by atoms with van der Waals surface area (Å²) in [5, 5.41) is 2.76. The SMILES string of the molecule is CCC(CCCc1ccccc1)O[Si](c1ccccc1)(c1ccccc1)C(C)(C)C. The number of hydrogen-bond acceptors (Lipinski definition) is 1. The van der Waals surface area contributed by atoms with Crippen LogP contribution in [0.2, 0.25) is 5.04 Å². The van der Waals surface area contributed by atoms with E-state index in [0.29, 0.717) is 0 Å². The molecule has 30 heavy (non-hydrogen) atoms. The van der Waals surface area contributed by atoms with Gasteiger partial charge in [0.1, 0.15) is 0 Å². The monoisotopic (exact) mass is 416 g/mol. The van der Waals surface area contributed by atoms with Crippen LogP contribution in [0.25, 0.3) is 0 Å². The molecule has 3 rings (SSSR count). The van der Waals surface area contributed by atoms with Crippen molar-refractivity contribution in [1.29, 1.82) is 0 Å². The highest BCUT2D eigenvalue weighted by molar-refractivity contribution is 6.99. The molecule has 0 fully saturated rings. The van der Waals surface area contributed by atoms with Gasteiger partial charge in [-0.3, -0.25) is 0 Å². The van der Waals surface area contributed by atoms with Crippen LogP contribution >= 0.6 is 0 Å². The van der Waals surface area contributed by atoms with Crippen LogP contribution in [0.4, 0.5) is 0 Å². The first kappa shape index (κ1) is 22.5.